The Bertz CT molecular complexity index is 672. The minimum absolute atomic E-state index is 0.119. The summed E-state index contributed by atoms with van der Waals surface area (Å²) in [5, 5.41) is 1.83. The Morgan fingerprint density at radius 2 is 2.00 bits per heavy atom. The van der Waals surface area contributed by atoms with Crippen molar-refractivity contribution in [2.24, 2.45) is 0 Å². The van der Waals surface area contributed by atoms with Gasteiger partial charge in [0.05, 0.1) is 29.8 Å². The number of carbonyl (C=O) groups excluding carboxylic acids is 2. The van der Waals surface area contributed by atoms with E-state index in [-0.39, 0.29) is 12.3 Å². The van der Waals surface area contributed by atoms with E-state index in [0.29, 0.717) is 15.6 Å². The highest BCUT2D eigenvalue weighted by Crippen LogP contribution is 2.27. The molecule has 0 aromatic heterocycles. The van der Waals surface area contributed by atoms with E-state index in [1.54, 1.807) is 32.0 Å². The SMILES string of the molecule is CON(Cc1ccc(Cl)c(Cl)c1)C(=O)/C=C1/OC(C)(C)OC1=O. The van der Waals surface area contributed by atoms with Gasteiger partial charge in [-0.05, 0) is 17.7 Å². The molecule has 1 fully saturated rings. The van der Waals surface area contributed by atoms with Crippen molar-refractivity contribution in [1.82, 2.24) is 5.06 Å². The van der Waals surface area contributed by atoms with E-state index < -0.39 is 17.7 Å². The summed E-state index contributed by atoms with van der Waals surface area (Å²) in [6.45, 7) is 3.26. The lowest BCUT2D eigenvalue weighted by Gasteiger charge is -2.18. The number of amides is 1. The number of hydroxylamine groups is 2. The number of hydrogen-bond acceptors (Lipinski definition) is 5. The van der Waals surface area contributed by atoms with Crippen molar-refractivity contribution in [2.75, 3.05) is 7.11 Å². The first-order chi connectivity index (χ1) is 10.7. The summed E-state index contributed by atoms with van der Waals surface area (Å²) in [6, 6.07) is 4.96. The number of carbonyl (C=O) groups is 2. The molecule has 2 rings (SSSR count). The summed E-state index contributed by atoms with van der Waals surface area (Å²) in [5.41, 5.74) is 0.711. The van der Waals surface area contributed by atoms with Gasteiger partial charge in [0.15, 0.2) is 0 Å². The van der Waals surface area contributed by atoms with E-state index >= 15 is 0 Å². The lowest BCUT2D eigenvalue weighted by atomic mass is 10.2. The molecule has 0 spiro atoms. The van der Waals surface area contributed by atoms with Crippen LogP contribution in [0.2, 0.25) is 10.0 Å². The molecular weight excluding hydrogens is 345 g/mol. The van der Waals surface area contributed by atoms with Crippen LogP contribution in [-0.4, -0.2) is 29.8 Å². The Labute approximate surface area is 143 Å². The van der Waals surface area contributed by atoms with Gasteiger partial charge in [-0.15, -0.1) is 0 Å². The summed E-state index contributed by atoms with van der Waals surface area (Å²) in [6.07, 6.45) is 1.03. The number of cyclic esters (lactones) is 1. The molecule has 0 radical (unpaired) electrons. The van der Waals surface area contributed by atoms with Gasteiger partial charge in [-0.2, -0.15) is 0 Å². The van der Waals surface area contributed by atoms with Gasteiger partial charge in [0, 0.05) is 13.8 Å². The van der Waals surface area contributed by atoms with Crippen LogP contribution in [0.25, 0.3) is 0 Å². The van der Waals surface area contributed by atoms with Gasteiger partial charge in [-0.25, -0.2) is 9.86 Å². The van der Waals surface area contributed by atoms with E-state index in [1.807, 2.05) is 0 Å². The van der Waals surface area contributed by atoms with Crippen molar-refractivity contribution in [3.63, 3.8) is 0 Å². The van der Waals surface area contributed by atoms with Crippen LogP contribution in [-0.2, 0) is 30.4 Å². The molecule has 1 aliphatic heterocycles. The third-order valence-electron chi connectivity index (χ3n) is 2.93. The molecule has 124 valence electrons. The van der Waals surface area contributed by atoms with Gasteiger partial charge >= 0.3 is 5.97 Å². The van der Waals surface area contributed by atoms with Crippen LogP contribution in [0.1, 0.15) is 19.4 Å². The van der Waals surface area contributed by atoms with E-state index in [2.05, 4.69) is 0 Å². The van der Waals surface area contributed by atoms with Crippen LogP contribution in [0.15, 0.2) is 30.0 Å². The van der Waals surface area contributed by atoms with Gasteiger partial charge < -0.3 is 9.47 Å². The summed E-state index contributed by atoms with van der Waals surface area (Å²) >= 11 is 11.8. The normalized spacial score (nSPS) is 17.8. The molecular formula is C15H15Cl2NO5. The average molecular weight is 360 g/mol. The second kappa shape index (κ2) is 6.78. The van der Waals surface area contributed by atoms with Crippen molar-refractivity contribution >= 4 is 35.1 Å². The lowest BCUT2D eigenvalue weighted by Crippen LogP contribution is -2.28. The molecule has 1 heterocycles. The maximum absolute atomic E-state index is 12.2. The number of halogens is 2. The molecule has 1 aliphatic rings. The fourth-order valence-corrected chi connectivity index (χ4v) is 2.23. The van der Waals surface area contributed by atoms with Gasteiger partial charge in [-0.1, -0.05) is 29.3 Å². The molecule has 6 nitrogen and oxygen atoms in total. The van der Waals surface area contributed by atoms with Crippen molar-refractivity contribution < 1.29 is 23.9 Å². The van der Waals surface area contributed by atoms with Crippen molar-refractivity contribution in [3.8, 4) is 0 Å². The number of hydrogen-bond donors (Lipinski definition) is 0. The molecule has 1 amide bonds. The largest absolute Gasteiger partial charge is 0.445 e. The molecule has 0 saturated carbocycles. The molecule has 0 unspecified atom stereocenters. The van der Waals surface area contributed by atoms with E-state index in [1.165, 1.54) is 7.11 Å². The quantitative estimate of drug-likeness (QED) is 0.469. The minimum atomic E-state index is -1.09. The monoisotopic (exact) mass is 359 g/mol. The van der Waals surface area contributed by atoms with Crippen molar-refractivity contribution in [3.05, 3.63) is 45.6 Å². The van der Waals surface area contributed by atoms with E-state index in [0.717, 1.165) is 11.1 Å². The van der Waals surface area contributed by atoms with Crippen molar-refractivity contribution in [2.45, 2.75) is 26.2 Å². The van der Waals surface area contributed by atoms with Gasteiger partial charge in [0.1, 0.15) is 0 Å². The predicted molar refractivity (Wildman–Crippen MR) is 83.4 cm³/mol. The number of rotatable bonds is 4. The first-order valence-corrected chi connectivity index (χ1v) is 7.41. The summed E-state index contributed by atoms with van der Waals surface area (Å²) in [5.74, 6) is -2.53. The highest BCUT2D eigenvalue weighted by atomic mass is 35.5. The van der Waals surface area contributed by atoms with Crippen LogP contribution in [0.4, 0.5) is 0 Å². The molecule has 0 N–H and O–H groups in total. The maximum atomic E-state index is 12.2. The van der Waals surface area contributed by atoms with Crippen LogP contribution in [0, 0.1) is 0 Å². The number of nitrogens with zero attached hydrogens (tertiary/aromatic N) is 1. The zero-order valence-corrected chi connectivity index (χ0v) is 14.3. The topological polar surface area (TPSA) is 65.1 Å². The third-order valence-corrected chi connectivity index (χ3v) is 3.67. The Kier molecular flexibility index (Phi) is 5.19. The molecule has 0 bridgehead atoms. The first-order valence-electron chi connectivity index (χ1n) is 6.65. The second-order valence-electron chi connectivity index (χ2n) is 5.21. The third kappa shape index (κ3) is 4.37. The van der Waals surface area contributed by atoms with Crippen molar-refractivity contribution in [1.29, 1.82) is 0 Å². The second-order valence-corrected chi connectivity index (χ2v) is 6.02. The summed E-state index contributed by atoms with van der Waals surface area (Å²) < 4.78 is 10.2. The Hall–Kier alpha value is -1.76. The van der Waals surface area contributed by atoms with Crippen LogP contribution < -0.4 is 0 Å². The fraction of sp³-hybridized carbons (Fsp3) is 0.333. The molecule has 1 aromatic carbocycles. The van der Waals surface area contributed by atoms with E-state index in [4.69, 9.17) is 37.5 Å². The van der Waals surface area contributed by atoms with Gasteiger partial charge in [0.25, 0.3) is 5.91 Å². The number of esters is 1. The van der Waals surface area contributed by atoms with Crippen LogP contribution in [0.3, 0.4) is 0 Å². The summed E-state index contributed by atoms with van der Waals surface area (Å²) in [4.78, 5) is 28.9. The number of ether oxygens (including phenoxy) is 2. The van der Waals surface area contributed by atoms with E-state index in [9.17, 15) is 9.59 Å². The Morgan fingerprint density at radius 3 is 2.52 bits per heavy atom. The molecule has 1 saturated heterocycles. The smallest absolute Gasteiger partial charge is 0.377 e. The minimum Gasteiger partial charge on any atom is -0.445 e. The first kappa shape index (κ1) is 17.6. The summed E-state index contributed by atoms with van der Waals surface area (Å²) in [7, 11) is 1.34. The molecule has 8 heteroatoms. The maximum Gasteiger partial charge on any atom is 0.377 e. The average Bonchev–Trinajstić information content (AvgIpc) is 2.72. The molecule has 23 heavy (non-hydrogen) atoms. The highest BCUT2D eigenvalue weighted by molar-refractivity contribution is 6.42. The van der Waals surface area contributed by atoms with Gasteiger partial charge in [0.2, 0.25) is 11.5 Å². The molecule has 0 aliphatic carbocycles. The zero-order chi connectivity index (χ0) is 17.2. The molecule has 1 aromatic rings. The predicted octanol–water partition coefficient (Wildman–Crippen LogP) is 3.08. The number of benzene rings is 1. The zero-order valence-electron chi connectivity index (χ0n) is 12.8. The standard InChI is InChI=1S/C15H15Cl2NO5/c1-15(2)22-12(14(20)23-15)7-13(19)18(21-3)8-9-4-5-10(16)11(17)6-9/h4-7H,8H2,1-3H3/b12-7+. The lowest BCUT2D eigenvalue weighted by molar-refractivity contribution is -0.173. The van der Waals surface area contributed by atoms with Crippen LogP contribution in [0.5, 0.6) is 0 Å². The highest BCUT2D eigenvalue weighted by Gasteiger charge is 2.38. The van der Waals surface area contributed by atoms with Gasteiger partial charge in [-0.3, -0.25) is 9.63 Å². The Morgan fingerprint density at radius 1 is 1.30 bits per heavy atom. The molecule has 0 atom stereocenters. The Balaban J connectivity index is 2.13. The van der Waals surface area contributed by atoms with Crippen LogP contribution >= 0.6 is 23.2 Å². The fourth-order valence-electron chi connectivity index (χ4n) is 1.91.